The van der Waals surface area contributed by atoms with Gasteiger partial charge in [0.25, 0.3) is 0 Å². The summed E-state index contributed by atoms with van der Waals surface area (Å²) in [7, 11) is 4.40. The van der Waals surface area contributed by atoms with E-state index in [1.807, 2.05) is 0 Å². The maximum absolute atomic E-state index is 3.54. The molecule has 0 aliphatic heterocycles. The largest absolute Gasteiger partial charge is 0.315 e. The summed E-state index contributed by atoms with van der Waals surface area (Å²) in [5.41, 5.74) is 2.79. The van der Waals surface area contributed by atoms with E-state index in [9.17, 15) is 0 Å². The predicted octanol–water partition coefficient (Wildman–Crippen LogP) is 3.59. The van der Waals surface area contributed by atoms with Crippen LogP contribution in [0.3, 0.4) is 0 Å². The van der Waals surface area contributed by atoms with E-state index in [2.05, 4.69) is 62.4 Å². The molecular formula is C18H30N2. The van der Waals surface area contributed by atoms with Gasteiger partial charge in [0, 0.05) is 18.6 Å². The second kappa shape index (κ2) is 7.24. The van der Waals surface area contributed by atoms with Gasteiger partial charge in [0.2, 0.25) is 0 Å². The van der Waals surface area contributed by atoms with Gasteiger partial charge < -0.3 is 5.32 Å². The number of hydrogen-bond acceptors (Lipinski definition) is 2. The van der Waals surface area contributed by atoms with E-state index in [1.165, 1.54) is 36.8 Å². The maximum Gasteiger partial charge on any atom is 0.0252 e. The Morgan fingerprint density at radius 2 is 2.10 bits per heavy atom. The fourth-order valence-electron chi connectivity index (χ4n) is 3.64. The van der Waals surface area contributed by atoms with Gasteiger partial charge in [0.05, 0.1) is 0 Å². The number of nitrogens with one attached hydrogen (secondary N) is 1. The molecule has 1 saturated carbocycles. The highest BCUT2D eigenvalue weighted by Crippen LogP contribution is 2.30. The van der Waals surface area contributed by atoms with E-state index >= 15 is 0 Å². The summed E-state index contributed by atoms with van der Waals surface area (Å²) in [4.78, 5) is 2.55. The van der Waals surface area contributed by atoms with Crippen LogP contribution in [-0.4, -0.2) is 31.1 Å². The average molecular weight is 274 g/mol. The maximum atomic E-state index is 3.54. The summed E-state index contributed by atoms with van der Waals surface area (Å²) in [6.07, 6.45) is 5.37. The van der Waals surface area contributed by atoms with Gasteiger partial charge in [-0.25, -0.2) is 0 Å². The Bertz CT molecular complexity index is 416. The first-order chi connectivity index (χ1) is 9.63. The van der Waals surface area contributed by atoms with Crippen LogP contribution in [0.1, 0.15) is 43.7 Å². The molecule has 0 spiro atoms. The van der Waals surface area contributed by atoms with Gasteiger partial charge in [-0.2, -0.15) is 0 Å². The van der Waals surface area contributed by atoms with Crippen molar-refractivity contribution in [3.8, 4) is 0 Å². The molecule has 1 fully saturated rings. The molecule has 1 aliphatic rings. The van der Waals surface area contributed by atoms with Crippen molar-refractivity contribution in [2.45, 2.75) is 58.2 Å². The molecule has 1 aromatic rings. The Balaban J connectivity index is 2.03. The van der Waals surface area contributed by atoms with Crippen LogP contribution in [0.25, 0.3) is 0 Å². The van der Waals surface area contributed by atoms with Crippen molar-refractivity contribution in [1.82, 2.24) is 10.2 Å². The fourth-order valence-corrected chi connectivity index (χ4v) is 3.64. The highest BCUT2D eigenvalue weighted by atomic mass is 15.2. The first kappa shape index (κ1) is 15.5. The van der Waals surface area contributed by atoms with Crippen molar-refractivity contribution in [2.75, 3.05) is 14.1 Å². The third-order valence-electron chi connectivity index (χ3n) is 4.95. The number of hydrogen-bond donors (Lipinski definition) is 1. The first-order valence-electron chi connectivity index (χ1n) is 8.07. The van der Waals surface area contributed by atoms with Crippen LogP contribution in [0, 0.1) is 12.8 Å². The number of nitrogens with zero attached hydrogens (tertiary/aromatic N) is 1. The van der Waals surface area contributed by atoms with Gasteiger partial charge in [-0.05, 0) is 51.8 Å². The minimum atomic E-state index is 0.646. The quantitative estimate of drug-likeness (QED) is 0.882. The van der Waals surface area contributed by atoms with Crippen molar-refractivity contribution in [1.29, 1.82) is 0 Å². The Kier molecular flexibility index (Phi) is 5.62. The summed E-state index contributed by atoms with van der Waals surface area (Å²) in [5.74, 6) is 0.907. The number of likely N-dealkylation sites (N-methyl/N-ethyl adjacent to an activating group) is 2. The zero-order valence-electron chi connectivity index (χ0n) is 13.5. The molecule has 1 N–H and O–H groups in total. The lowest BCUT2D eigenvalue weighted by Crippen LogP contribution is -2.50. The molecule has 0 radical (unpaired) electrons. The predicted molar refractivity (Wildman–Crippen MR) is 86.9 cm³/mol. The Morgan fingerprint density at radius 1 is 1.30 bits per heavy atom. The van der Waals surface area contributed by atoms with Gasteiger partial charge in [-0.15, -0.1) is 0 Å². The Morgan fingerprint density at radius 3 is 2.75 bits per heavy atom. The summed E-state index contributed by atoms with van der Waals surface area (Å²) in [6, 6.07) is 10.2. The molecule has 2 heteroatoms. The lowest BCUT2D eigenvalue weighted by Gasteiger charge is -2.41. The minimum Gasteiger partial charge on any atom is -0.315 e. The third-order valence-corrected chi connectivity index (χ3v) is 4.95. The average Bonchev–Trinajstić information content (AvgIpc) is 2.46. The summed E-state index contributed by atoms with van der Waals surface area (Å²) in [6.45, 7) is 5.57. The van der Waals surface area contributed by atoms with E-state index in [4.69, 9.17) is 0 Å². The lowest BCUT2D eigenvalue weighted by molar-refractivity contribution is 0.116. The van der Waals surface area contributed by atoms with Crippen molar-refractivity contribution >= 4 is 0 Å². The van der Waals surface area contributed by atoms with Gasteiger partial charge in [-0.1, -0.05) is 43.2 Å². The van der Waals surface area contributed by atoms with Crippen LogP contribution in [0.2, 0.25) is 0 Å². The summed E-state index contributed by atoms with van der Waals surface area (Å²) < 4.78 is 0. The summed E-state index contributed by atoms with van der Waals surface area (Å²) >= 11 is 0. The second-order valence-corrected chi connectivity index (χ2v) is 6.45. The fraction of sp³-hybridized carbons (Fsp3) is 0.667. The van der Waals surface area contributed by atoms with Crippen molar-refractivity contribution in [3.63, 3.8) is 0 Å². The molecule has 2 nitrogen and oxygen atoms in total. The first-order valence-corrected chi connectivity index (χ1v) is 8.07. The van der Waals surface area contributed by atoms with Crippen LogP contribution in [-0.2, 0) is 6.54 Å². The molecule has 3 unspecified atom stereocenters. The van der Waals surface area contributed by atoms with Gasteiger partial charge in [-0.3, -0.25) is 4.90 Å². The molecule has 2 rings (SSSR count). The third kappa shape index (κ3) is 3.83. The molecule has 0 bridgehead atoms. The van der Waals surface area contributed by atoms with Crippen LogP contribution in [0.4, 0.5) is 0 Å². The molecule has 0 amide bonds. The van der Waals surface area contributed by atoms with Crippen LogP contribution in [0.15, 0.2) is 24.3 Å². The molecule has 1 aliphatic carbocycles. The SMILES string of the molecule is CCC1CCC(NC)C(N(C)Cc2cccc(C)c2)C1. The number of rotatable bonds is 5. The van der Waals surface area contributed by atoms with Gasteiger partial charge in [0.15, 0.2) is 0 Å². The molecule has 1 aromatic carbocycles. The topological polar surface area (TPSA) is 15.3 Å². The Hall–Kier alpha value is -0.860. The van der Waals surface area contributed by atoms with E-state index < -0.39 is 0 Å². The number of aryl methyl sites for hydroxylation is 1. The van der Waals surface area contributed by atoms with Crippen LogP contribution >= 0.6 is 0 Å². The normalized spacial score (nSPS) is 26.9. The molecule has 0 saturated heterocycles. The van der Waals surface area contributed by atoms with E-state index in [0.717, 1.165) is 12.5 Å². The highest BCUT2D eigenvalue weighted by molar-refractivity contribution is 5.22. The highest BCUT2D eigenvalue weighted by Gasteiger charge is 2.31. The van der Waals surface area contributed by atoms with Gasteiger partial charge >= 0.3 is 0 Å². The van der Waals surface area contributed by atoms with E-state index in [-0.39, 0.29) is 0 Å². The minimum absolute atomic E-state index is 0.646. The smallest absolute Gasteiger partial charge is 0.0252 e. The van der Waals surface area contributed by atoms with Crippen molar-refractivity contribution in [3.05, 3.63) is 35.4 Å². The van der Waals surface area contributed by atoms with E-state index in [1.54, 1.807) is 0 Å². The summed E-state index contributed by atoms with van der Waals surface area (Å²) in [5, 5.41) is 3.54. The van der Waals surface area contributed by atoms with Crippen molar-refractivity contribution < 1.29 is 0 Å². The molecule has 0 heterocycles. The second-order valence-electron chi connectivity index (χ2n) is 6.45. The molecule has 20 heavy (non-hydrogen) atoms. The Labute approximate surface area is 124 Å². The van der Waals surface area contributed by atoms with Crippen LogP contribution < -0.4 is 5.32 Å². The van der Waals surface area contributed by atoms with Crippen molar-refractivity contribution in [2.24, 2.45) is 5.92 Å². The van der Waals surface area contributed by atoms with Crippen LogP contribution in [0.5, 0.6) is 0 Å². The van der Waals surface area contributed by atoms with E-state index in [0.29, 0.717) is 12.1 Å². The zero-order valence-corrected chi connectivity index (χ0v) is 13.5. The lowest BCUT2D eigenvalue weighted by atomic mass is 9.80. The molecule has 0 aromatic heterocycles. The van der Waals surface area contributed by atoms with Gasteiger partial charge in [0.1, 0.15) is 0 Å². The zero-order chi connectivity index (χ0) is 14.5. The molecule has 112 valence electrons. The molecular weight excluding hydrogens is 244 g/mol. The molecule has 3 atom stereocenters. The standard InChI is InChI=1S/C18H30N2/c1-5-15-9-10-17(19-3)18(12-15)20(4)13-16-8-6-7-14(2)11-16/h6-8,11,15,17-19H,5,9-10,12-13H2,1-4H3. The monoisotopic (exact) mass is 274 g/mol. The number of benzene rings is 1.